The number of benzene rings is 1. The molecule has 0 radical (unpaired) electrons. The molecule has 0 saturated heterocycles. The third-order valence-electron chi connectivity index (χ3n) is 2.78. The summed E-state index contributed by atoms with van der Waals surface area (Å²) in [6.45, 7) is 5.52. The number of nitrogens with zero attached hydrogens (tertiary/aromatic N) is 2. The number of rotatable bonds is 5. The van der Waals surface area contributed by atoms with Gasteiger partial charge < -0.3 is 14.0 Å². The molecule has 0 spiro atoms. The topological polar surface area (TPSA) is 36.3 Å². The number of aryl methyl sites for hydroxylation is 1. The molecule has 1 aromatic carbocycles. The van der Waals surface area contributed by atoms with E-state index in [-0.39, 0.29) is 0 Å². The highest BCUT2D eigenvalue weighted by molar-refractivity contribution is 5.69. The average molecular weight is 246 g/mol. The first kappa shape index (κ1) is 12.5. The van der Waals surface area contributed by atoms with Gasteiger partial charge in [0, 0.05) is 18.9 Å². The fourth-order valence-electron chi connectivity index (χ4n) is 1.95. The van der Waals surface area contributed by atoms with Crippen LogP contribution in [0, 0.1) is 0 Å². The van der Waals surface area contributed by atoms with Gasteiger partial charge >= 0.3 is 0 Å². The van der Waals surface area contributed by atoms with Gasteiger partial charge in [-0.2, -0.15) is 0 Å². The van der Waals surface area contributed by atoms with E-state index in [1.54, 1.807) is 13.3 Å². The van der Waals surface area contributed by atoms with Crippen molar-refractivity contribution in [3.63, 3.8) is 0 Å². The van der Waals surface area contributed by atoms with Crippen LogP contribution < -0.4 is 9.47 Å². The van der Waals surface area contributed by atoms with Gasteiger partial charge in [0.2, 0.25) is 0 Å². The Labute approximate surface area is 107 Å². The third-order valence-corrected chi connectivity index (χ3v) is 2.78. The SMILES string of the molecule is CCOc1c(OC)cccc1-c1nccn1CC. The zero-order chi connectivity index (χ0) is 13.0. The number of hydrogen-bond donors (Lipinski definition) is 0. The van der Waals surface area contributed by atoms with E-state index < -0.39 is 0 Å². The van der Waals surface area contributed by atoms with E-state index in [1.165, 1.54) is 0 Å². The molecule has 0 N–H and O–H groups in total. The molecular formula is C14H18N2O2. The maximum Gasteiger partial charge on any atom is 0.172 e. The van der Waals surface area contributed by atoms with E-state index in [0.29, 0.717) is 6.61 Å². The Hall–Kier alpha value is -1.97. The minimum Gasteiger partial charge on any atom is -0.493 e. The molecule has 4 nitrogen and oxygen atoms in total. The Balaban J connectivity index is 2.56. The molecule has 0 aliphatic carbocycles. The lowest BCUT2D eigenvalue weighted by atomic mass is 10.1. The molecule has 4 heteroatoms. The molecule has 0 aliphatic heterocycles. The van der Waals surface area contributed by atoms with Crippen LogP contribution in [0.2, 0.25) is 0 Å². The Bertz CT molecular complexity index is 520. The van der Waals surface area contributed by atoms with E-state index >= 15 is 0 Å². The molecule has 0 atom stereocenters. The first-order valence-electron chi connectivity index (χ1n) is 6.13. The fourth-order valence-corrected chi connectivity index (χ4v) is 1.95. The minimum absolute atomic E-state index is 0.597. The van der Waals surface area contributed by atoms with Gasteiger partial charge in [-0.05, 0) is 26.0 Å². The molecule has 0 fully saturated rings. The van der Waals surface area contributed by atoms with Crippen LogP contribution >= 0.6 is 0 Å². The first-order chi connectivity index (χ1) is 8.81. The number of methoxy groups -OCH3 is 1. The second-order valence-corrected chi connectivity index (χ2v) is 3.81. The molecule has 0 bridgehead atoms. The summed E-state index contributed by atoms with van der Waals surface area (Å²) in [7, 11) is 1.65. The second-order valence-electron chi connectivity index (χ2n) is 3.81. The summed E-state index contributed by atoms with van der Waals surface area (Å²) in [6, 6.07) is 5.85. The van der Waals surface area contributed by atoms with Gasteiger partial charge in [0.05, 0.1) is 19.3 Å². The van der Waals surface area contributed by atoms with Crippen molar-refractivity contribution in [1.82, 2.24) is 9.55 Å². The zero-order valence-electron chi connectivity index (χ0n) is 11.0. The summed E-state index contributed by atoms with van der Waals surface area (Å²) >= 11 is 0. The monoisotopic (exact) mass is 246 g/mol. The van der Waals surface area contributed by atoms with Crippen molar-refractivity contribution in [3.8, 4) is 22.9 Å². The standard InChI is InChI=1S/C14H18N2O2/c1-4-16-10-9-15-14(16)11-7-6-8-12(17-3)13(11)18-5-2/h6-10H,4-5H2,1-3H3. The van der Waals surface area contributed by atoms with Crippen molar-refractivity contribution in [3.05, 3.63) is 30.6 Å². The summed E-state index contributed by atoms with van der Waals surface area (Å²) in [4.78, 5) is 4.40. The largest absolute Gasteiger partial charge is 0.493 e. The van der Waals surface area contributed by atoms with Crippen molar-refractivity contribution in [2.45, 2.75) is 20.4 Å². The van der Waals surface area contributed by atoms with Crippen LogP contribution in [0.15, 0.2) is 30.6 Å². The predicted octanol–water partition coefficient (Wildman–Crippen LogP) is 2.98. The van der Waals surface area contributed by atoms with Gasteiger partial charge in [-0.25, -0.2) is 4.98 Å². The Morgan fingerprint density at radius 2 is 2.11 bits per heavy atom. The molecule has 96 valence electrons. The van der Waals surface area contributed by atoms with E-state index in [4.69, 9.17) is 9.47 Å². The molecular weight excluding hydrogens is 228 g/mol. The van der Waals surface area contributed by atoms with Crippen molar-refractivity contribution >= 4 is 0 Å². The summed E-state index contributed by atoms with van der Waals surface area (Å²) < 4.78 is 13.1. The van der Waals surface area contributed by atoms with Crippen molar-refractivity contribution in [1.29, 1.82) is 0 Å². The van der Waals surface area contributed by atoms with Gasteiger partial charge in [-0.15, -0.1) is 0 Å². The van der Waals surface area contributed by atoms with Gasteiger partial charge in [-0.1, -0.05) is 6.07 Å². The molecule has 1 aromatic heterocycles. The number of para-hydroxylation sites is 1. The van der Waals surface area contributed by atoms with Crippen LogP contribution in [-0.4, -0.2) is 23.3 Å². The Kier molecular flexibility index (Phi) is 3.87. The van der Waals surface area contributed by atoms with Crippen molar-refractivity contribution in [2.24, 2.45) is 0 Å². The minimum atomic E-state index is 0.597. The van der Waals surface area contributed by atoms with Crippen LogP contribution in [0.5, 0.6) is 11.5 Å². The smallest absolute Gasteiger partial charge is 0.172 e. The highest BCUT2D eigenvalue weighted by Crippen LogP contribution is 2.37. The Morgan fingerprint density at radius 3 is 2.78 bits per heavy atom. The normalized spacial score (nSPS) is 10.4. The highest BCUT2D eigenvalue weighted by Gasteiger charge is 2.15. The van der Waals surface area contributed by atoms with Crippen LogP contribution in [0.4, 0.5) is 0 Å². The van der Waals surface area contributed by atoms with Gasteiger partial charge in [0.25, 0.3) is 0 Å². The lowest BCUT2D eigenvalue weighted by Gasteiger charge is -2.14. The number of hydrogen-bond acceptors (Lipinski definition) is 3. The lowest BCUT2D eigenvalue weighted by molar-refractivity contribution is 0.312. The maximum absolute atomic E-state index is 5.70. The van der Waals surface area contributed by atoms with Crippen LogP contribution in [0.25, 0.3) is 11.4 Å². The molecule has 0 amide bonds. The number of ether oxygens (including phenoxy) is 2. The molecule has 0 aliphatic rings. The first-order valence-corrected chi connectivity index (χ1v) is 6.13. The van der Waals surface area contributed by atoms with Crippen LogP contribution in [0.1, 0.15) is 13.8 Å². The summed E-state index contributed by atoms with van der Waals surface area (Å²) in [5, 5.41) is 0. The van der Waals surface area contributed by atoms with Gasteiger partial charge in [0.15, 0.2) is 11.5 Å². The number of imidazole rings is 1. The predicted molar refractivity (Wildman–Crippen MR) is 71.1 cm³/mol. The highest BCUT2D eigenvalue weighted by atomic mass is 16.5. The van der Waals surface area contributed by atoms with Crippen LogP contribution in [-0.2, 0) is 6.54 Å². The van der Waals surface area contributed by atoms with E-state index in [1.807, 2.05) is 31.3 Å². The van der Waals surface area contributed by atoms with E-state index in [9.17, 15) is 0 Å². The molecule has 1 heterocycles. The zero-order valence-corrected chi connectivity index (χ0v) is 11.0. The second kappa shape index (κ2) is 5.58. The molecule has 0 saturated carbocycles. The van der Waals surface area contributed by atoms with E-state index in [2.05, 4.69) is 16.5 Å². The fraction of sp³-hybridized carbons (Fsp3) is 0.357. The quantitative estimate of drug-likeness (QED) is 0.813. The molecule has 2 aromatic rings. The van der Waals surface area contributed by atoms with Crippen molar-refractivity contribution in [2.75, 3.05) is 13.7 Å². The maximum atomic E-state index is 5.70. The summed E-state index contributed by atoms with van der Waals surface area (Å²) in [5.41, 5.74) is 0.961. The summed E-state index contributed by atoms with van der Waals surface area (Å²) in [5.74, 6) is 2.39. The molecule has 0 unspecified atom stereocenters. The summed E-state index contributed by atoms with van der Waals surface area (Å²) in [6.07, 6.45) is 3.76. The number of aromatic nitrogens is 2. The average Bonchev–Trinajstić information content (AvgIpc) is 2.87. The van der Waals surface area contributed by atoms with Crippen molar-refractivity contribution < 1.29 is 9.47 Å². The third kappa shape index (κ3) is 2.18. The van der Waals surface area contributed by atoms with Crippen LogP contribution in [0.3, 0.4) is 0 Å². The molecule has 2 rings (SSSR count). The van der Waals surface area contributed by atoms with Gasteiger partial charge in [-0.3, -0.25) is 0 Å². The van der Waals surface area contributed by atoms with E-state index in [0.717, 1.165) is 29.4 Å². The lowest BCUT2D eigenvalue weighted by Crippen LogP contribution is -2.01. The molecule has 18 heavy (non-hydrogen) atoms. The van der Waals surface area contributed by atoms with Gasteiger partial charge in [0.1, 0.15) is 5.82 Å². The Morgan fingerprint density at radius 1 is 1.28 bits per heavy atom.